The number of thiophene rings is 1. The summed E-state index contributed by atoms with van der Waals surface area (Å²) in [6.45, 7) is -3.16. The molecule has 3 aromatic rings. The first-order chi connectivity index (χ1) is 15.5. The van der Waals surface area contributed by atoms with Crippen LogP contribution in [0, 0.1) is 11.3 Å². The van der Waals surface area contributed by atoms with Crippen LogP contribution in [0.1, 0.15) is 28.7 Å². The van der Waals surface area contributed by atoms with Gasteiger partial charge in [-0.25, -0.2) is 14.7 Å². The lowest BCUT2D eigenvalue weighted by atomic mass is 10.0. The molecule has 0 radical (unpaired) electrons. The van der Waals surface area contributed by atoms with Crippen molar-refractivity contribution in [2.45, 2.75) is 25.6 Å². The average Bonchev–Trinajstić information content (AvgIpc) is 3.53. The number of amides is 1. The Balaban J connectivity index is 1.64. The van der Waals surface area contributed by atoms with E-state index in [1.165, 1.54) is 40.5 Å². The van der Waals surface area contributed by atoms with Crippen LogP contribution in [0.25, 0.3) is 0 Å². The number of aromatic nitrogens is 3. The second kappa shape index (κ2) is 9.11. The number of carbonyl (C=O) groups excluding carboxylic acids is 1. The number of ether oxygens (including phenoxy) is 2. The van der Waals surface area contributed by atoms with Gasteiger partial charge in [-0.1, -0.05) is 12.1 Å². The van der Waals surface area contributed by atoms with E-state index in [-0.39, 0.29) is 29.8 Å². The highest BCUT2D eigenvalue weighted by Gasteiger charge is 2.34. The topological polar surface area (TPSA) is 106 Å². The third kappa shape index (κ3) is 4.42. The summed E-state index contributed by atoms with van der Waals surface area (Å²) in [7, 11) is 1.35. The molecule has 0 saturated heterocycles. The number of nitrogens with zero attached hydrogens (tertiary/aromatic N) is 6. The van der Waals surface area contributed by atoms with Crippen LogP contribution in [0.5, 0.6) is 11.5 Å². The van der Waals surface area contributed by atoms with Crippen LogP contribution in [0.15, 0.2) is 47.1 Å². The molecule has 0 N–H and O–H groups in total. The molecular weight excluding hydrogens is 442 g/mol. The van der Waals surface area contributed by atoms with Crippen LogP contribution >= 0.6 is 11.3 Å². The first-order valence-electron chi connectivity index (χ1n) is 9.34. The van der Waals surface area contributed by atoms with Crippen LogP contribution in [0.3, 0.4) is 0 Å². The van der Waals surface area contributed by atoms with Crippen molar-refractivity contribution >= 4 is 23.0 Å². The van der Waals surface area contributed by atoms with Crippen molar-refractivity contribution in [2.75, 3.05) is 7.11 Å². The summed E-state index contributed by atoms with van der Waals surface area (Å²) in [5.74, 6) is -0.399. The minimum absolute atomic E-state index is 0.0436. The Morgan fingerprint density at radius 1 is 1.38 bits per heavy atom. The molecule has 1 aliphatic rings. The normalized spacial score (nSPS) is 15.5. The Bertz CT molecular complexity index is 1190. The number of benzene rings is 1. The number of hydrogen-bond donors (Lipinski definition) is 0. The van der Waals surface area contributed by atoms with Gasteiger partial charge in [-0.3, -0.25) is 4.79 Å². The summed E-state index contributed by atoms with van der Waals surface area (Å²) < 4.78 is 36.3. The third-order valence-corrected chi connectivity index (χ3v) is 5.61. The Morgan fingerprint density at radius 2 is 2.22 bits per heavy atom. The number of hydrogen-bond acceptors (Lipinski definition) is 8. The number of hydrazone groups is 1. The molecule has 164 valence electrons. The number of carbonyl (C=O) groups is 1. The summed E-state index contributed by atoms with van der Waals surface area (Å²) in [5.41, 5.74) is 1.37. The van der Waals surface area contributed by atoms with E-state index in [9.17, 15) is 13.6 Å². The van der Waals surface area contributed by atoms with Gasteiger partial charge in [0.15, 0.2) is 11.5 Å². The standard InChI is InChI=1S/C20H16F2N6O3S/c1-30-16-7-12(4-5-15(16)31-20(21)22)14-8-13(17-3-2-6-32-17)25-28(14)19(29)10-27-11-24-18(9-23)26-27/h2-7,11,14,20H,8,10H2,1H3/t14-/m0/s1. The smallest absolute Gasteiger partial charge is 0.387 e. The summed E-state index contributed by atoms with van der Waals surface area (Å²) in [4.78, 5) is 17.8. The molecule has 0 spiro atoms. The quantitative estimate of drug-likeness (QED) is 0.538. The van der Waals surface area contributed by atoms with Gasteiger partial charge in [0.1, 0.15) is 18.9 Å². The maximum atomic E-state index is 13.1. The van der Waals surface area contributed by atoms with Crippen molar-refractivity contribution in [1.82, 2.24) is 19.8 Å². The van der Waals surface area contributed by atoms with Gasteiger partial charge in [0.2, 0.25) is 0 Å². The Labute approximate surface area is 185 Å². The van der Waals surface area contributed by atoms with E-state index in [0.29, 0.717) is 12.0 Å². The minimum Gasteiger partial charge on any atom is -0.493 e. The van der Waals surface area contributed by atoms with Gasteiger partial charge in [-0.15, -0.1) is 16.4 Å². The summed E-state index contributed by atoms with van der Waals surface area (Å²) in [6.07, 6.45) is 1.72. The maximum absolute atomic E-state index is 13.1. The van der Waals surface area contributed by atoms with Crippen LogP contribution in [-0.2, 0) is 11.3 Å². The van der Waals surface area contributed by atoms with Gasteiger partial charge in [0.05, 0.1) is 23.7 Å². The van der Waals surface area contributed by atoms with E-state index >= 15 is 0 Å². The SMILES string of the molecule is COc1cc([C@@H]2CC(c3cccs3)=NN2C(=O)Cn2cnc(C#N)n2)ccc1OC(F)F. The number of halogens is 2. The fourth-order valence-electron chi connectivity index (χ4n) is 3.31. The van der Waals surface area contributed by atoms with Crippen LogP contribution in [0.4, 0.5) is 8.78 Å². The largest absolute Gasteiger partial charge is 0.493 e. The molecule has 1 atom stereocenters. The number of rotatable bonds is 7. The van der Waals surface area contributed by atoms with Gasteiger partial charge in [-0.05, 0) is 29.1 Å². The molecule has 1 aromatic carbocycles. The lowest BCUT2D eigenvalue weighted by Gasteiger charge is -2.23. The molecular formula is C20H16F2N6O3S. The van der Waals surface area contributed by atoms with Crippen molar-refractivity contribution in [3.8, 4) is 17.6 Å². The summed E-state index contributed by atoms with van der Waals surface area (Å²) in [6, 6.07) is 9.64. The van der Waals surface area contributed by atoms with Crippen molar-refractivity contribution in [3.05, 3.63) is 58.3 Å². The lowest BCUT2D eigenvalue weighted by molar-refractivity contribution is -0.133. The third-order valence-electron chi connectivity index (χ3n) is 4.69. The highest BCUT2D eigenvalue weighted by molar-refractivity contribution is 7.12. The molecule has 9 nitrogen and oxygen atoms in total. The first kappa shape index (κ1) is 21.4. The first-order valence-corrected chi connectivity index (χ1v) is 10.2. The summed E-state index contributed by atoms with van der Waals surface area (Å²) >= 11 is 1.50. The highest BCUT2D eigenvalue weighted by Crippen LogP contribution is 2.38. The fourth-order valence-corrected chi connectivity index (χ4v) is 4.03. The molecule has 0 aliphatic carbocycles. The zero-order valence-electron chi connectivity index (χ0n) is 16.7. The molecule has 0 unspecified atom stereocenters. The predicted molar refractivity (Wildman–Crippen MR) is 109 cm³/mol. The van der Waals surface area contributed by atoms with Crippen molar-refractivity contribution in [3.63, 3.8) is 0 Å². The van der Waals surface area contributed by atoms with Gasteiger partial charge in [-0.2, -0.15) is 19.1 Å². The van der Waals surface area contributed by atoms with E-state index in [1.54, 1.807) is 12.1 Å². The maximum Gasteiger partial charge on any atom is 0.387 e. The van der Waals surface area contributed by atoms with Crippen LogP contribution in [0.2, 0.25) is 0 Å². The Kier molecular flexibility index (Phi) is 6.09. The molecule has 0 saturated carbocycles. The summed E-state index contributed by atoms with van der Waals surface area (Å²) in [5, 5.41) is 20.6. The van der Waals surface area contributed by atoms with Gasteiger partial charge in [0.25, 0.3) is 11.7 Å². The van der Waals surface area contributed by atoms with Gasteiger partial charge in [0, 0.05) is 6.42 Å². The van der Waals surface area contributed by atoms with E-state index in [4.69, 9.17) is 10.00 Å². The molecule has 0 fully saturated rings. The fraction of sp³-hybridized carbons (Fsp3) is 0.250. The molecule has 2 aromatic heterocycles. The molecule has 1 aliphatic heterocycles. The molecule has 1 amide bonds. The minimum atomic E-state index is -2.99. The number of alkyl halides is 2. The zero-order chi connectivity index (χ0) is 22.7. The van der Waals surface area contributed by atoms with E-state index < -0.39 is 12.7 Å². The van der Waals surface area contributed by atoms with Crippen LogP contribution in [-0.4, -0.2) is 45.1 Å². The number of nitriles is 1. The Morgan fingerprint density at radius 3 is 2.88 bits per heavy atom. The predicted octanol–water partition coefficient (Wildman–Crippen LogP) is 3.20. The highest BCUT2D eigenvalue weighted by atomic mass is 32.1. The van der Waals surface area contributed by atoms with E-state index in [2.05, 4.69) is 19.9 Å². The second-order valence-electron chi connectivity index (χ2n) is 6.65. The van der Waals surface area contributed by atoms with Gasteiger partial charge >= 0.3 is 6.61 Å². The van der Waals surface area contributed by atoms with Crippen molar-refractivity contribution < 1.29 is 23.0 Å². The molecule has 12 heteroatoms. The van der Waals surface area contributed by atoms with E-state index in [0.717, 1.165) is 10.6 Å². The van der Waals surface area contributed by atoms with Gasteiger partial charge < -0.3 is 9.47 Å². The lowest BCUT2D eigenvalue weighted by Crippen LogP contribution is -2.30. The number of methoxy groups -OCH3 is 1. The molecule has 4 rings (SSSR count). The molecule has 0 bridgehead atoms. The Hall–Kier alpha value is -3.85. The van der Waals surface area contributed by atoms with Crippen LogP contribution < -0.4 is 9.47 Å². The average molecular weight is 458 g/mol. The molecule has 32 heavy (non-hydrogen) atoms. The molecule has 3 heterocycles. The van der Waals surface area contributed by atoms with Crippen molar-refractivity contribution in [1.29, 1.82) is 5.26 Å². The van der Waals surface area contributed by atoms with Crippen molar-refractivity contribution in [2.24, 2.45) is 5.10 Å². The van der Waals surface area contributed by atoms with E-state index in [1.807, 2.05) is 23.6 Å². The second-order valence-corrected chi connectivity index (χ2v) is 7.60. The monoisotopic (exact) mass is 458 g/mol. The zero-order valence-corrected chi connectivity index (χ0v) is 17.5.